The quantitative estimate of drug-likeness (QED) is 0.744. The zero-order valence-electron chi connectivity index (χ0n) is 13.2. The van der Waals surface area contributed by atoms with Crippen molar-refractivity contribution in [1.29, 1.82) is 0 Å². The molecule has 6 heteroatoms. The number of aliphatic hydroxyl groups is 1. The average molecular weight is 302 g/mol. The van der Waals surface area contributed by atoms with Gasteiger partial charge in [-0.2, -0.15) is 0 Å². The fourth-order valence-electron chi connectivity index (χ4n) is 2.58. The Morgan fingerprint density at radius 2 is 1.67 bits per heavy atom. The fourth-order valence-corrected chi connectivity index (χ4v) is 2.58. The minimum atomic E-state index is -0.866. The first-order valence-corrected chi connectivity index (χ1v) is 7.28. The molecule has 21 heavy (non-hydrogen) atoms. The fraction of sp³-hybridized carbons (Fsp3) is 0.867. The Labute approximate surface area is 126 Å². The topological polar surface area (TPSA) is 66.4 Å². The van der Waals surface area contributed by atoms with Crippen LogP contribution in [0, 0.1) is 0 Å². The van der Waals surface area contributed by atoms with Gasteiger partial charge in [-0.05, 0) is 27.7 Å². The van der Waals surface area contributed by atoms with Crippen molar-refractivity contribution in [3.63, 3.8) is 0 Å². The molecule has 0 aliphatic carbocycles. The van der Waals surface area contributed by atoms with Crippen molar-refractivity contribution in [3.05, 3.63) is 12.7 Å². The Morgan fingerprint density at radius 3 is 2.10 bits per heavy atom. The van der Waals surface area contributed by atoms with E-state index in [2.05, 4.69) is 6.58 Å². The molecule has 0 aromatic heterocycles. The number of hydrogen-bond donors (Lipinski definition) is 1. The highest BCUT2D eigenvalue weighted by Gasteiger charge is 2.46. The second kappa shape index (κ2) is 6.32. The van der Waals surface area contributed by atoms with Gasteiger partial charge in [0.15, 0.2) is 11.6 Å². The van der Waals surface area contributed by atoms with Crippen LogP contribution in [0.2, 0.25) is 0 Å². The molecule has 6 nitrogen and oxygen atoms in total. The van der Waals surface area contributed by atoms with E-state index in [0.29, 0.717) is 19.8 Å². The smallest absolute Gasteiger partial charge is 0.163 e. The lowest BCUT2D eigenvalue weighted by Gasteiger charge is -2.31. The van der Waals surface area contributed by atoms with Gasteiger partial charge in [0.1, 0.15) is 24.4 Å². The Bertz CT molecular complexity index is 367. The van der Waals surface area contributed by atoms with Gasteiger partial charge < -0.3 is 28.8 Å². The molecule has 2 saturated heterocycles. The van der Waals surface area contributed by atoms with Gasteiger partial charge in [0, 0.05) is 0 Å². The first-order chi connectivity index (χ1) is 9.74. The lowest BCUT2D eigenvalue weighted by Crippen LogP contribution is -2.48. The van der Waals surface area contributed by atoms with Crippen molar-refractivity contribution >= 4 is 0 Å². The largest absolute Gasteiger partial charge is 0.387 e. The van der Waals surface area contributed by atoms with E-state index in [-0.39, 0.29) is 6.10 Å². The molecule has 122 valence electrons. The van der Waals surface area contributed by atoms with E-state index in [1.165, 1.54) is 0 Å². The molecule has 4 atom stereocenters. The number of rotatable bonds is 6. The molecular weight excluding hydrogens is 276 g/mol. The third kappa shape index (κ3) is 4.25. The van der Waals surface area contributed by atoms with Crippen molar-refractivity contribution in [3.8, 4) is 0 Å². The van der Waals surface area contributed by atoms with Crippen LogP contribution in [0.1, 0.15) is 27.7 Å². The highest BCUT2D eigenvalue weighted by atomic mass is 16.8. The van der Waals surface area contributed by atoms with E-state index < -0.39 is 29.9 Å². The van der Waals surface area contributed by atoms with Crippen LogP contribution in [-0.4, -0.2) is 60.9 Å². The molecule has 0 spiro atoms. The van der Waals surface area contributed by atoms with Gasteiger partial charge >= 0.3 is 0 Å². The molecule has 2 aliphatic heterocycles. The minimum absolute atomic E-state index is 0.318. The van der Waals surface area contributed by atoms with Crippen LogP contribution in [-0.2, 0) is 23.7 Å². The summed E-state index contributed by atoms with van der Waals surface area (Å²) in [7, 11) is 0. The third-order valence-electron chi connectivity index (χ3n) is 3.55. The standard InChI is InChI=1S/C15H26O6/c1-6-7-17-13(11-9-19-15(4,5)21-11)12(16)10-8-18-14(2,3)20-10/h6,10-13,16H,1,7-9H2,2-5H3/t10-,11-,12-,13-/m1/s1. The number of hydrogen-bond acceptors (Lipinski definition) is 6. The second-order valence-corrected chi connectivity index (χ2v) is 6.31. The maximum absolute atomic E-state index is 10.6. The first kappa shape index (κ1) is 16.9. The summed E-state index contributed by atoms with van der Waals surface area (Å²) in [6.45, 7) is 11.9. The summed E-state index contributed by atoms with van der Waals surface area (Å²) < 4.78 is 28.3. The van der Waals surface area contributed by atoms with Crippen molar-refractivity contribution in [1.82, 2.24) is 0 Å². The zero-order chi connectivity index (χ0) is 15.7. The molecule has 2 rings (SSSR count). The summed E-state index contributed by atoms with van der Waals surface area (Å²) in [5.74, 6) is -1.37. The lowest BCUT2D eigenvalue weighted by molar-refractivity contribution is -0.191. The number of aliphatic hydroxyl groups excluding tert-OH is 1. The van der Waals surface area contributed by atoms with Crippen LogP contribution < -0.4 is 0 Å². The summed E-state index contributed by atoms with van der Waals surface area (Å²) in [6, 6.07) is 0. The van der Waals surface area contributed by atoms with Crippen molar-refractivity contribution in [2.45, 2.75) is 63.7 Å². The predicted octanol–water partition coefficient (Wildman–Crippen LogP) is 1.22. The SMILES string of the molecule is C=CCO[C@@H]([C@H](O)[C@H]1COC(C)(C)O1)[C@H]1COC(C)(C)O1. The minimum Gasteiger partial charge on any atom is -0.387 e. The molecule has 0 bridgehead atoms. The van der Waals surface area contributed by atoms with Crippen molar-refractivity contribution in [2.24, 2.45) is 0 Å². The third-order valence-corrected chi connectivity index (χ3v) is 3.55. The average Bonchev–Trinajstić information content (AvgIpc) is 2.92. The van der Waals surface area contributed by atoms with Gasteiger partial charge in [0.05, 0.1) is 19.8 Å². The summed E-state index contributed by atoms with van der Waals surface area (Å²) in [4.78, 5) is 0. The Balaban J connectivity index is 2.03. The maximum Gasteiger partial charge on any atom is 0.163 e. The first-order valence-electron chi connectivity index (χ1n) is 7.28. The molecule has 0 unspecified atom stereocenters. The Morgan fingerprint density at radius 1 is 1.14 bits per heavy atom. The molecule has 0 radical (unpaired) electrons. The molecule has 2 heterocycles. The highest BCUT2D eigenvalue weighted by Crippen LogP contribution is 2.31. The van der Waals surface area contributed by atoms with E-state index in [9.17, 15) is 5.11 Å². The van der Waals surface area contributed by atoms with Crippen LogP contribution in [0.25, 0.3) is 0 Å². The summed E-state index contributed by atoms with van der Waals surface area (Å²) in [5.41, 5.74) is 0. The van der Waals surface area contributed by atoms with Crippen LogP contribution in [0.4, 0.5) is 0 Å². The molecule has 0 aromatic carbocycles. The Kier molecular flexibility index (Phi) is 5.07. The monoisotopic (exact) mass is 302 g/mol. The van der Waals surface area contributed by atoms with Gasteiger partial charge in [-0.25, -0.2) is 0 Å². The van der Waals surface area contributed by atoms with Gasteiger partial charge in [-0.3, -0.25) is 0 Å². The van der Waals surface area contributed by atoms with E-state index in [1.807, 2.05) is 27.7 Å². The Hall–Kier alpha value is -0.500. The number of ether oxygens (including phenoxy) is 5. The molecule has 0 aromatic rings. The second-order valence-electron chi connectivity index (χ2n) is 6.31. The van der Waals surface area contributed by atoms with Crippen molar-refractivity contribution < 1.29 is 28.8 Å². The zero-order valence-corrected chi connectivity index (χ0v) is 13.2. The van der Waals surface area contributed by atoms with Gasteiger partial charge in [0.25, 0.3) is 0 Å². The molecule has 1 N–H and O–H groups in total. The summed E-state index contributed by atoms with van der Waals surface area (Å²) in [6.07, 6.45) is -0.609. The van der Waals surface area contributed by atoms with E-state index in [1.54, 1.807) is 6.08 Å². The van der Waals surface area contributed by atoms with Crippen LogP contribution in [0.3, 0.4) is 0 Å². The van der Waals surface area contributed by atoms with Crippen LogP contribution >= 0.6 is 0 Å². The van der Waals surface area contributed by atoms with Gasteiger partial charge in [-0.1, -0.05) is 6.08 Å². The summed E-state index contributed by atoms with van der Waals surface area (Å²) in [5, 5.41) is 10.6. The van der Waals surface area contributed by atoms with Crippen LogP contribution in [0.15, 0.2) is 12.7 Å². The molecular formula is C15H26O6. The van der Waals surface area contributed by atoms with E-state index >= 15 is 0 Å². The molecule has 0 amide bonds. The lowest BCUT2D eigenvalue weighted by atomic mass is 10.0. The predicted molar refractivity (Wildman–Crippen MR) is 75.8 cm³/mol. The van der Waals surface area contributed by atoms with E-state index in [0.717, 1.165) is 0 Å². The highest BCUT2D eigenvalue weighted by molar-refractivity contribution is 4.90. The maximum atomic E-state index is 10.6. The molecule has 2 fully saturated rings. The summed E-state index contributed by atoms with van der Waals surface area (Å²) >= 11 is 0. The molecule has 2 aliphatic rings. The van der Waals surface area contributed by atoms with E-state index in [4.69, 9.17) is 23.7 Å². The van der Waals surface area contributed by atoms with Gasteiger partial charge in [-0.15, -0.1) is 6.58 Å². The van der Waals surface area contributed by atoms with Gasteiger partial charge in [0.2, 0.25) is 0 Å². The normalized spacial score (nSPS) is 33.8. The molecule has 0 saturated carbocycles. The van der Waals surface area contributed by atoms with Crippen LogP contribution in [0.5, 0.6) is 0 Å². The van der Waals surface area contributed by atoms with Crippen molar-refractivity contribution in [2.75, 3.05) is 19.8 Å².